The molecule has 0 saturated heterocycles. The van der Waals surface area contributed by atoms with Gasteiger partial charge in [0.05, 0.1) is 19.1 Å². The standard InChI is InChI=1S/C25H27NO4/c1-17(2)23(27)29-16-15-26-20-11-7-6-10-19(20)24(3,4)25(26)14-13-18-9-8-12-21(28-5)22(18)30-25/h6-14H,1,15-16H2,2-5H3/t25-/m1/s1. The second kappa shape index (κ2) is 7.24. The van der Waals surface area contributed by atoms with E-state index in [4.69, 9.17) is 14.2 Å². The molecule has 0 fully saturated rings. The number of hydrogen-bond acceptors (Lipinski definition) is 5. The van der Waals surface area contributed by atoms with Crippen molar-refractivity contribution in [2.45, 2.75) is 31.9 Å². The van der Waals surface area contributed by atoms with Crippen LogP contribution in [0.2, 0.25) is 0 Å². The Bertz CT molecular complexity index is 1040. The molecule has 0 N–H and O–H groups in total. The Hall–Kier alpha value is -3.21. The highest BCUT2D eigenvalue weighted by Gasteiger charge is 2.59. The molecule has 1 spiro atoms. The highest BCUT2D eigenvalue weighted by atomic mass is 16.6. The van der Waals surface area contributed by atoms with Gasteiger partial charge >= 0.3 is 5.97 Å². The largest absolute Gasteiger partial charge is 0.493 e. The molecule has 2 aliphatic heterocycles. The minimum absolute atomic E-state index is 0.230. The summed E-state index contributed by atoms with van der Waals surface area (Å²) in [6.07, 6.45) is 4.19. The zero-order valence-electron chi connectivity index (χ0n) is 17.9. The summed E-state index contributed by atoms with van der Waals surface area (Å²) in [5.41, 5.74) is 2.46. The van der Waals surface area contributed by atoms with Crippen LogP contribution in [0.3, 0.4) is 0 Å². The Morgan fingerprint density at radius 3 is 2.67 bits per heavy atom. The first-order valence-electron chi connectivity index (χ1n) is 10.1. The van der Waals surface area contributed by atoms with Crippen LogP contribution in [0, 0.1) is 0 Å². The average Bonchev–Trinajstić information content (AvgIpc) is 2.92. The second-order valence-electron chi connectivity index (χ2n) is 8.22. The van der Waals surface area contributed by atoms with E-state index in [1.54, 1.807) is 14.0 Å². The minimum Gasteiger partial charge on any atom is -0.493 e. The van der Waals surface area contributed by atoms with Crippen LogP contribution in [0.4, 0.5) is 5.69 Å². The first kappa shape index (κ1) is 20.1. The number of para-hydroxylation sites is 2. The van der Waals surface area contributed by atoms with Gasteiger partial charge in [-0.25, -0.2) is 4.79 Å². The van der Waals surface area contributed by atoms with Crippen LogP contribution >= 0.6 is 0 Å². The van der Waals surface area contributed by atoms with E-state index in [-0.39, 0.29) is 18.0 Å². The van der Waals surface area contributed by atoms with Gasteiger partial charge in [0.1, 0.15) is 6.61 Å². The van der Waals surface area contributed by atoms with Crippen LogP contribution in [-0.2, 0) is 14.9 Å². The lowest BCUT2D eigenvalue weighted by atomic mass is 9.76. The van der Waals surface area contributed by atoms with Crippen molar-refractivity contribution in [3.63, 3.8) is 0 Å². The van der Waals surface area contributed by atoms with Gasteiger partial charge in [-0.2, -0.15) is 0 Å². The summed E-state index contributed by atoms with van der Waals surface area (Å²) in [5, 5.41) is 0. The highest BCUT2D eigenvalue weighted by molar-refractivity contribution is 5.87. The molecule has 0 aliphatic carbocycles. The maximum absolute atomic E-state index is 11.9. The molecule has 0 bridgehead atoms. The maximum atomic E-state index is 11.9. The predicted octanol–water partition coefficient (Wildman–Crippen LogP) is 4.71. The van der Waals surface area contributed by atoms with Gasteiger partial charge in [-0.3, -0.25) is 0 Å². The summed E-state index contributed by atoms with van der Waals surface area (Å²) in [6, 6.07) is 14.1. The van der Waals surface area contributed by atoms with Crippen molar-refractivity contribution < 1.29 is 19.0 Å². The molecule has 0 unspecified atom stereocenters. The van der Waals surface area contributed by atoms with Crippen molar-refractivity contribution in [1.82, 2.24) is 0 Å². The van der Waals surface area contributed by atoms with Crippen LogP contribution in [0.1, 0.15) is 31.9 Å². The third-order valence-electron chi connectivity index (χ3n) is 6.04. The molecule has 0 saturated carbocycles. The number of hydrogen-bond donors (Lipinski definition) is 0. The van der Waals surface area contributed by atoms with Crippen LogP contribution in [0.5, 0.6) is 11.5 Å². The van der Waals surface area contributed by atoms with Gasteiger partial charge in [-0.15, -0.1) is 0 Å². The fourth-order valence-corrected chi connectivity index (χ4v) is 4.39. The normalized spacial score (nSPS) is 20.3. The van der Waals surface area contributed by atoms with Crippen LogP contribution in [0.15, 0.2) is 60.7 Å². The molecule has 0 radical (unpaired) electrons. The molecule has 5 nitrogen and oxygen atoms in total. The third-order valence-corrected chi connectivity index (χ3v) is 6.04. The van der Waals surface area contributed by atoms with Gasteiger partial charge < -0.3 is 19.1 Å². The van der Waals surface area contributed by atoms with E-state index >= 15 is 0 Å². The Morgan fingerprint density at radius 2 is 1.93 bits per heavy atom. The molecule has 156 valence electrons. The van der Waals surface area contributed by atoms with E-state index in [2.05, 4.69) is 49.6 Å². The Balaban J connectivity index is 1.77. The molecule has 2 aromatic rings. The zero-order chi connectivity index (χ0) is 21.5. The summed E-state index contributed by atoms with van der Waals surface area (Å²) in [4.78, 5) is 14.1. The molecular weight excluding hydrogens is 378 g/mol. The number of ether oxygens (including phenoxy) is 3. The molecule has 0 aromatic heterocycles. The van der Waals surface area contributed by atoms with E-state index in [1.807, 2.05) is 30.3 Å². The molecule has 4 rings (SSSR count). The lowest BCUT2D eigenvalue weighted by Gasteiger charge is -2.47. The first-order chi connectivity index (χ1) is 14.3. The van der Waals surface area contributed by atoms with Crippen LogP contribution in [0.25, 0.3) is 6.08 Å². The van der Waals surface area contributed by atoms with E-state index in [0.717, 1.165) is 11.3 Å². The number of nitrogens with zero attached hydrogens (tertiary/aromatic N) is 1. The number of benzene rings is 2. The number of rotatable bonds is 5. The lowest BCUT2D eigenvalue weighted by Crippen LogP contribution is -2.60. The molecule has 1 atom stereocenters. The van der Waals surface area contributed by atoms with Crippen molar-refractivity contribution in [1.29, 1.82) is 0 Å². The molecule has 2 aliphatic rings. The summed E-state index contributed by atoms with van der Waals surface area (Å²) in [5.74, 6) is 1.02. The topological polar surface area (TPSA) is 48.0 Å². The number of esters is 1. The summed E-state index contributed by atoms with van der Waals surface area (Å²) >= 11 is 0. The summed E-state index contributed by atoms with van der Waals surface area (Å²) < 4.78 is 17.8. The fourth-order valence-electron chi connectivity index (χ4n) is 4.39. The lowest BCUT2D eigenvalue weighted by molar-refractivity contribution is -0.138. The van der Waals surface area contributed by atoms with Crippen molar-refractivity contribution in [2.75, 3.05) is 25.2 Å². The quantitative estimate of drug-likeness (QED) is 0.532. The third kappa shape index (κ3) is 2.88. The minimum atomic E-state index is -0.784. The summed E-state index contributed by atoms with van der Waals surface area (Å²) in [6.45, 7) is 10.4. The molecule has 30 heavy (non-hydrogen) atoms. The number of anilines is 1. The Kier molecular flexibility index (Phi) is 4.85. The number of carbonyl (C=O) groups is 1. The molecule has 0 amide bonds. The van der Waals surface area contributed by atoms with Gasteiger partial charge in [-0.1, -0.05) is 36.9 Å². The van der Waals surface area contributed by atoms with Crippen molar-refractivity contribution in [3.05, 3.63) is 71.8 Å². The van der Waals surface area contributed by atoms with E-state index < -0.39 is 5.72 Å². The monoisotopic (exact) mass is 405 g/mol. The SMILES string of the molecule is C=C(C)C(=O)OCCN1c2ccccc2C(C)(C)[C@]12C=Cc1cccc(OC)c1O2. The van der Waals surface area contributed by atoms with Gasteiger partial charge in [0.15, 0.2) is 11.5 Å². The van der Waals surface area contributed by atoms with Crippen molar-refractivity contribution in [2.24, 2.45) is 0 Å². The smallest absolute Gasteiger partial charge is 0.333 e. The Morgan fingerprint density at radius 1 is 1.17 bits per heavy atom. The van der Waals surface area contributed by atoms with E-state index in [1.165, 1.54) is 5.56 Å². The molecule has 5 heteroatoms. The molecule has 2 aromatic carbocycles. The number of methoxy groups -OCH3 is 1. The van der Waals surface area contributed by atoms with Gasteiger partial charge in [0.25, 0.3) is 0 Å². The highest BCUT2D eigenvalue weighted by Crippen LogP contribution is 2.55. The fraction of sp³-hybridized carbons (Fsp3) is 0.320. The Labute approximate surface area is 177 Å². The first-order valence-corrected chi connectivity index (χ1v) is 10.1. The van der Waals surface area contributed by atoms with E-state index in [9.17, 15) is 4.79 Å². The zero-order valence-corrected chi connectivity index (χ0v) is 17.9. The van der Waals surface area contributed by atoms with Crippen LogP contribution in [-0.4, -0.2) is 32.0 Å². The maximum Gasteiger partial charge on any atom is 0.333 e. The second-order valence-corrected chi connectivity index (χ2v) is 8.22. The van der Waals surface area contributed by atoms with Crippen molar-refractivity contribution >= 4 is 17.7 Å². The van der Waals surface area contributed by atoms with Gasteiger partial charge in [0.2, 0.25) is 5.72 Å². The number of fused-ring (bicyclic) bond motifs is 2. The average molecular weight is 405 g/mol. The van der Waals surface area contributed by atoms with Gasteiger partial charge in [0, 0.05) is 16.8 Å². The predicted molar refractivity (Wildman–Crippen MR) is 118 cm³/mol. The van der Waals surface area contributed by atoms with E-state index in [0.29, 0.717) is 23.6 Å². The molecular formula is C25H27NO4. The van der Waals surface area contributed by atoms with Crippen LogP contribution < -0.4 is 14.4 Å². The number of carbonyl (C=O) groups excluding carboxylic acids is 1. The summed E-state index contributed by atoms with van der Waals surface area (Å²) in [7, 11) is 1.65. The van der Waals surface area contributed by atoms with Gasteiger partial charge in [-0.05, 0) is 50.6 Å². The van der Waals surface area contributed by atoms with Crippen molar-refractivity contribution in [3.8, 4) is 11.5 Å². The molecule has 2 heterocycles.